The van der Waals surface area contributed by atoms with Crippen LogP contribution in [0.4, 0.5) is 0 Å². The molecule has 3 heteroatoms. The molecule has 1 aliphatic rings. The van der Waals surface area contributed by atoms with Crippen molar-refractivity contribution < 1.29 is 9.47 Å². The van der Waals surface area contributed by atoms with Crippen molar-refractivity contribution in [1.29, 1.82) is 5.26 Å². The largest absolute Gasteiger partial charge is 0.353 e. The molecule has 1 saturated heterocycles. The van der Waals surface area contributed by atoms with Crippen LogP contribution in [0.5, 0.6) is 0 Å². The molecule has 0 amide bonds. The van der Waals surface area contributed by atoms with E-state index >= 15 is 0 Å². The summed E-state index contributed by atoms with van der Waals surface area (Å²) >= 11 is 0. The van der Waals surface area contributed by atoms with Gasteiger partial charge in [-0.3, -0.25) is 0 Å². The molecule has 0 aromatic heterocycles. The van der Waals surface area contributed by atoms with Gasteiger partial charge in [0.2, 0.25) is 0 Å². The Morgan fingerprint density at radius 3 is 2.75 bits per heavy atom. The van der Waals surface area contributed by atoms with E-state index in [4.69, 9.17) is 14.7 Å². The molecule has 0 bridgehead atoms. The predicted molar refractivity (Wildman–Crippen MR) is 59.5 cm³/mol. The summed E-state index contributed by atoms with van der Waals surface area (Å²) < 4.78 is 11.1. The Bertz CT molecular complexity index is 352. The maximum Gasteiger partial charge on any atom is 0.172 e. The van der Waals surface area contributed by atoms with Gasteiger partial charge in [-0.05, 0) is 24.8 Å². The lowest BCUT2D eigenvalue weighted by Gasteiger charge is -2.24. The monoisotopic (exact) mass is 217 g/mol. The topological polar surface area (TPSA) is 42.2 Å². The van der Waals surface area contributed by atoms with Crippen LogP contribution in [0.2, 0.25) is 0 Å². The molecule has 16 heavy (non-hydrogen) atoms. The van der Waals surface area contributed by atoms with Crippen molar-refractivity contribution in [2.75, 3.05) is 6.61 Å². The van der Waals surface area contributed by atoms with Gasteiger partial charge in [-0.25, -0.2) is 0 Å². The van der Waals surface area contributed by atoms with Gasteiger partial charge < -0.3 is 9.47 Å². The van der Waals surface area contributed by atoms with Crippen LogP contribution in [-0.4, -0.2) is 12.9 Å². The second-order valence-corrected chi connectivity index (χ2v) is 3.85. The van der Waals surface area contributed by atoms with Gasteiger partial charge in [0, 0.05) is 6.61 Å². The molecule has 0 radical (unpaired) electrons. The van der Waals surface area contributed by atoms with Crippen molar-refractivity contribution in [3.63, 3.8) is 0 Å². The Hall–Kier alpha value is -1.37. The zero-order valence-corrected chi connectivity index (χ0v) is 9.13. The molecule has 1 fully saturated rings. The van der Waals surface area contributed by atoms with Gasteiger partial charge >= 0.3 is 0 Å². The fourth-order valence-electron chi connectivity index (χ4n) is 1.78. The molecule has 84 valence electrons. The lowest BCUT2D eigenvalue weighted by atomic mass is 10.1. The van der Waals surface area contributed by atoms with Gasteiger partial charge in [-0.1, -0.05) is 30.3 Å². The number of nitrogens with zero attached hydrogens (tertiary/aromatic N) is 1. The third-order valence-electron chi connectivity index (χ3n) is 2.65. The Balaban J connectivity index is 1.98. The van der Waals surface area contributed by atoms with Crippen molar-refractivity contribution in [2.24, 2.45) is 0 Å². The lowest BCUT2D eigenvalue weighted by molar-refractivity contribution is -0.178. The fourth-order valence-corrected chi connectivity index (χ4v) is 1.78. The molecule has 0 unspecified atom stereocenters. The fraction of sp³-hybridized carbons (Fsp3) is 0.462. The average molecular weight is 217 g/mol. The smallest absolute Gasteiger partial charge is 0.172 e. The molecule has 1 aromatic rings. The minimum atomic E-state index is -0.524. The van der Waals surface area contributed by atoms with Crippen molar-refractivity contribution in [3.05, 3.63) is 35.9 Å². The molecule has 2 atom stereocenters. The molecule has 2 rings (SSSR count). The molecule has 1 aliphatic heterocycles. The molecule has 1 aromatic carbocycles. The maximum atomic E-state index is 9.08. The molecular formula is C13H15NO2. The lowest BCUT2D eigenvalue weighted by Crippen LogP contribution is -2.24. The van der Waals surface area contributed by atoms with E-state index < -0.39 is 6.10 Å². The minimum Gasteiger partial charge on any atom is -0.353 e. The summed E-state index contributed by atoms with van der Waals surface area (Å²) in [5.41, 5.74) is 0.888. The van der Waals surface area contributed by atoms with Crippen LogP contribution in [0.1, 0.15) is 30.9 Å². The Labute approximate surface area is 95.6 Å². The standard InChI is InChI=1S/C13H15NO2/c14-10-12(11-6-2-1-3-7-11)16-13-8-4-5-9-15-13/h1-3,6-7,12-13H,4-5,8-9H2/t12-,13+/m0/s1. The normalized spacial score (nSPS) is 22.3. The first-order valence-corrected chi connectivity index (χ1v) is 5.62. The van der Waals surface area contributed by atoms with Crippen LogP contribution >= 0.6 is 0 Å². The SMILES string of the molecule is N#C[C@H](O[C@@H]1CCCCO1)c1ccccc1. The van der Waals surface area contributed by atoms with E-state index in [0.29, 0.717) is 0 Å². The highest BCUT2D eigenvalue weighted by Crippen LogP contribution is 2.23. The number of hydrogen-bond donors (Lipinski definition) is 0. The Kier molecular flexibility index (Phi) is 3.92. The zero-order chi connectivity index (χ0) is 11.2. The second kappa shape index (κ2) is 5.64. The number of rotatable bonds is 3. The van der Waals surface area contributed by atoms with Crippen molar-refractivity contribution in [1.82, 2.24) is 0 Å². The number of benzene rings is 1. The van der Waals surface area contributed by atoms with Gasteiger partial charge in [-0.2, -0.15) is 5.26 Å². The van der Waals surface area contributed by atoms with E-state index in [9.17, 15) is 0 Å². The van der Waals surface area contributed by atoms with Crippen molar-refractivity contribution in [2.45, 2.75) is 31.7 Å². The van der Waals surface area contributed by atoms with E-state index in [2.05, 4.69) is 6.07 Å². The van der Waals surface area contributed by atoms with Crippen molar-refractivity contribution >= 4 is 0 Å². The summed E-state index contributed by atoms with van der Waals surface area (Å²) in [7, 11) is 0. The maximum absolute atomic E-state index is 9.08. The van der Waals surface area contributed by atoms with Gasteiger partial charge in [-0.15, -0.1) is 0 Å². The van der Waals surface area contributed by atoms with E-state index in [1.165, 1.54) is 0 Å². The zero-order valence-electron chi connectivity index (χ0n) is 9.13. The molecular weight excluding hydrogens is 202 g/mol. The highest BCUT2D eigenvalue weighted by Gasteiger charge is 2.20. The Morgan fingerprint density at radius 2 is 2.12 bits per heavy atom. The number of nitriles is 1. The number of ether oxygens (including phenoxy) is 2. The summed E-state index contributed by atoms with van der Waals surface area (Å²) in [5, 5.41) is 9.08. The van der Waals surface area contributed by atoms with Gasteiger partial charge in [0.1, 0.15) is 0 Å². The predicted octanol–water partition coefficient (Wildman–Crippen LogP) is 2.79. The average Bonchev–Trinajstić information content (AvgIpc) is 2.38. The van der Waals surface area contributed by atoms with Crippen LogP contribution in [-0.2, 0) is 9.47 Å². The van der Waals surface area contributed by atoms with Gasteiger partial charge in [0.25, 0.3) is 0 Å². The first-order valence-electron chi connectivity index (χ1n) is 5.62. The second-order valence-electron chi connectivity index (χ2n) is 3.85. The number of hydrogen-bond acceptors (Lipinski definition) is 3. The third-order valence-corrected chi connectivity index (χ3v) is 2.65. The molecule has 0 saturated carbocycles. The highest BCUT2D eigenvalue weighted by atomic mass is 16.7. The third kappa shape index (κ3) is 2.82. The van der Waals surface area contributed by atoms with E-state index in [0.717, 1.165) is 31.4 Å². The van der Waals surface area contributed by atoms with Crippen LogP contribution < -0.4 is 0 Å². The van der Waals surface area contributed by atoms with Crippen LogP contribution in [0.25, 0.3) is 0 Å². The first kappa shape index (κ1) is 11.1. The molecule has 0 aliphatic carbocycles. The molecule has 3 nitrogen and oxygen atoms in total. The van der Waals surface area contributed by atoms with E-state index in [-0.39, 0.29) is 6.29 Å². The molecule has 0 N–H and O–H groups in total. The molecule has 0 spiro atoms. The van der Waals surface area contributed by atoms with Crippen LogP contribution in [0, 0.1) is 11.3 Å². The van der Waals surface area contributed by atoms with Crippen LogP contribution in [0.3, 0.4) is 0 Å². The van der Waals surface area contributed by atoms with Gasteiger partial charge in [0.05, 0.1) is 6.07 Å². The quantitative estimate of drug-likeness (QED) is 0.781. The summed E-state index contributed by atoms with van der Waals surface area (Å²) in [6, 6.07) is 11.7. The Morgan fingerprint density at radius 1 is 1.31 bits per heavy atom. The summed E-state index contributed by atoms with van der Waals surface area (Å²) in [5.74, 6) is 0. The summed E-state index contributed by atoms with van der Waals surface area (Å²) in [6.45, 7) is 0.734. The molecule has 1 heterocycles. The van der Waals surface area contributed by atoms with Gasteiger partial charge in [0.15, 0.2) is 12.4 Å². The van der Waals surface area contributed by atoms with E-state index in [1.54, 1.807) is 0 Å². The van der Waals surface area contributed by atoms with E-state index in [1.807, 2.05) is 30.3 Å². The highest BCUT2D eigenvalue weighted by molar-refractivity contribution is 5.21. The summed E-state index contributed by atoms with van der Waals surface area (Å²) in [6.07, 6.45) is 2.33. The minimum absolute atomic E-state index is 0.224. The first-order chi connectivity index (χ1) is 7.90. The van der Waals surface area contributed by atoms with Crippen LogP contribution in [0.15, 0.2) is 30.3 Å². The summed E-state index contributed by atoms with van der Waals surface area (Å²) in [4.78, 5) is 0. The van der Waals surface area contributed by atoms with Crippen molar-refractivity contribution in [3.8, 4) is 6.07 Å².